The number of hydrogen-bond donors (Lipinski definition) is 0. The van der Waals surface area contributed by atoms with Crippen LogP contribution in [-0.4, -0.2) is 15.0 Å². The fourth-order valence-electron chi connectivity index (χ4n) is 2.45. The normalized spacial score (nSPS) is 10.5. The second-order valence-corrected chi connectivity index (χ2v) is 5.45. The smallest absolute Gasteiger partial charge is 0.191 e. The van der Waals surface area contributed by atoms with Gasteiger partial charge in [0, 0.05) is 5.56 Å². The molecule has 4 heteroatoms. The number of nitrogens with zero attached hydrogens (tertiary/aromatic N) is 4. The highest BCUT2D eigenvalue weighted by atomic mass is 15.4. The lowest BCUT2D eigenvalue weighted by atomic mass is 10.0. The molecule has 0 aliphatic carbocycles. The van der Waals surface area contributed by atoms with Crippen molar-refractivity contribution in [3.8, 4) is 23.0 Å². The van der Waals surface area contributed by atoms with Crippen LogP contribution >= 0.6 is 0 Å². The van der Waals surface area contributed by atoms with Crippen LogP contribution in [-0.2, 0) is 0 Å². The lowest BCUT2D eigenvalue weighted by molar-refractivity contribution is 0.806. The lowest BCUT2D eigenvalue weighted by Gasteiger charge is -2.09. The number of nitriles is 1. The van der Waals surface area contributed by atoms with Gasteiger partial charge in [0.1, 0.15) is 11.8 Å². The van der Waals surface area contributed by atoms with Crippen molar-refractivity contribution in [2.24, 2.45) is 0 Å². The topological polar surface area (TPSA) is 54.5 Å². The van der Waals surface area contributed by atoms with Crippen LogP contribution in [0.25, 0.3) is 16.9 Å². The second kappa shape index (κ2) is 5.45. The quantitative estimate of drug-likeness (QED) is 0.722. The Labute approximate surface area is 129 Å². The first kappa shape index (κ1) is 14.0. The van der Waals surface area contributed by atoms with E-state index in [1.54, 1.807) is 4.68 Å². The van der Waals surface area contributed by atoms with Crippen LogP contribution in [0.15, 0.2) is 42.5 Å². The van der Waals surface area contributed by atoms with Crippen LogP contribution < -0.4 is 0 Å². The van der Waals surface area contributed by atoms with Crippen LogP contribution in [0.1, 0.15) is 22.4 Å². The van der Waals surface area contributed by atoms with Gasteiger partial charge in [-0.1, -0.05) is 29.5 Å². The molecule has 4 nitrogen and oxygen atoms in total. The highest BCUT2D eigenvalue weighted by Crippen LogP contribution is 2.27. The molecule has 3 aromatic rings. The van der Waals surface area contributed by atoms with E-state index in [1.807, 2.05) is 37.3 Å². The zero-order valence-corrected chi connectivity index (χ0v) is 12.8. The predicted octanol–water partition coefficient (Wildman–Crippen LogP) is 3.73. The van der Waals surface area contributed by atoms with Crippen LogP contribution in [0.2, 0.25) is 0 Å². The number of aromatic nitrogens is 3. The van der Waals surface area contributed by atoms with Crippen molar-refractivity contribution < 1.29 is 0 Å². The summed E-state index contributed by atoms with van der Waals surface area (Å²) in [6, 6.07) is 16.3. The Kier molecular flexibility index (Phi) is 3.48. The molecule has 0 spiro atoms. The van der Waals surface area contributed by atoms with Crippen LogP contribution in [0.4, 0.5) is 0 Å². The third-order valence-electron chi connectivity index (χ3n) is 3.80. The Hall–Kier alpha value is -2.93. The maximum Gasteiger partial charge on any atom is 0.191 e. The Morgan fingerprint density at radius 3 is 2.50 bits per heavy atom. The monoisotopic (exact) mass is 288 g/mol. The van der Waals surface area contributed by atoms with Crippen molar-refractivity contribution in [1.29, 1.82) is 5.26 Å². The molecule has 0 radical (unpaired) electrons. The van der Waals surface area contributed by atoms with Gasteiger partial charge in [-0.25, -0.2) is 4.68 Å². The number of rotatable bonds is 2. The summed E-state index contributed by atoms with van der Waals surface area (Å²) >= 11 is 0. The van der Waals surface area contributed by atoms with Gasteiger partial charge in [-0.05, 0) is 55.7 Å². The van der Waals surface area contributed by atoms with Crippen molar-refractivity contribution in [2.75, 3.05) is 0 Å². The molecule has 0 aliphatic rings. The summed E-state index contributed by atoms with van der Waals surface area (Å²) in [4.78, 5) is 0. The molecule has 0 aliphatic heterocycles. The molecule has 0 saturated carbocycles. The molecule has 0 bridgehead atoms. The molecule has 22 heavy (non-hydrogen) atoms. The Morgan fingerprint density at radius 1 is 1.00 bits per heavy atom. The summed E-state index contributed by atoms with van der Waals surface area (Å²) in [7, 11) is 0. The van der Waals surface area contributed by atoms with E-state index in [0.29, 0.717) is 5.69 Å². The van der Waals surface area contributed by atoms with E-state index < -0.39 is 0 Å². The van der Waals surface area contributed by atoms with Gasteiger partial charge in [-0.15, -0.1) is 5.10 Å². The fourth-order valence-corrected chi connectivity index (χ4v) is 2.45. The molecule has 2 aromatic carbocycles. The van der Waals surface area contributed by atoms with Crippen molar-refractivity contribution in [3.05, 3.63) is 64.8 Å². The first-order chi connectivity index (χ1) is 10.6. The molecule has 0 unspecified atom stereocenters. The van der Waals surface area contributed by atoms with E-state index in [-0.39, 0.29) is 0 Å². The summed E-state index contributed by atoms with van der Waals surface area (Å²) in [6.45, 7) is 6.16. The van der Waals surface area contributed by atoms with Crippen LogP contribution in [0.5, 0.6) is 0 Å². The largest absolute Gasteiger partial charge is 0.211 e. The average Bonchev–Trinajstić information content (AvgIpc) is 2.94. The first-order valence-electron chi connectivity index (χ1n) is 7.10. The van der Waals surface area contributed by atoms with Crippen LogP contribution in [0, 0.1) is 32.1 Å². The van der Waals surface area contributed by atoms with Crippen molar-refractivity contribution in [2.45, 2.75) is 20.8 Å². The van der Waals surface area contributed by atoms with E-state index >= 15 is 0 Å². The fraction of sp³-hybridized carbons (Fsp3) is 0.167. The number of aryl methyl sites for hydroxylation is 3. The van der Waals surface area contributed by atoms with E-state index in [1.165, 1.54) is 11.1 Å². The summed E-state index contributed by atoms with van der Waals surface area (Å²) in [5.41, 5.74) is 6.46. The standard InChI is InChI=1S/C18H16N4/c1-12-5-4-6-16(9-12)22-18(17(11-19)20-21-22)15-8-7-13(2)14(3)10-15/h4-10H,1-3H3. The van der Waals surface area contributed by atoms with Crippen LogP contribution in [0.3, 0.4) is 0 Å². The van der Waals surface area contributed by atoms with E-state index in [9.17, 15) is 5.26 Å². The number of benzene rings is 2. The Balaban J connectivity index is 2.24. The predicted molar refractivity (Wildman–Crippen MR) is 85.7 cm³/mol. The first-order valence-corrected chi connectivity index (χ1v) is 7.10. The molecule has 0 N–H and O–H groups in total. The Bertz CT molecular complexity index is 884. The minimum Gasteiger partial charge on any atom is -0.211 e. The van der Waals surface area contributed by atoms with Crippen molar-refractivity contribution in [3.63, 3.8) is 0 Å². The van der Waals surface area contributed by atoms with Gasteiger partial charge in [0.2, 0.25) is 0 Å². The summed E-state index contributed by atoms with van der Waals surface area (Å²) in [5.74, 6) is 0. The Morgan fingerprint density at radius 2 is 1.82 bits per heavy atom. The molecule has 1 heterocycles. The van der Waals surface area contributed by atoms with Gasteiger partial charge < -0.3 is 0 Å². The molecular formula is C18H16N4. The highest BCUT2D eigenvalue weighted by molar-refractivity contribution is 5.68. The minimum absolute atomic E-state index is 0.338. The van der Waals surface area contributed by atoms with E-state index in [2.05, 4.69) is 42.4 Å². The molecule has 3 rings (SSSR count). The summed E-state index contributed by atoms with van der Waals surface area (Å²) in [6.07, 6.45) is 0. The van der Waals surface area contributed by atoms with E-state index in [4.69, 9.17) is 0 Å². The molecule has 0 amide bonds. The SMILES string of the molecule is Cc1cccc(-n2nnc(C#N)c2-c2ccc(C)c(C)c2)c1. The van der Waals surface area contributed by atoms with Crippen molar-refractivity contribution in [1.82, 2.24) is 15.0 Å². The molecule has 0 fully saturated rings. The van der Waals surface area contributed by atoms with Gasteiger partial charge in [0.25, 0.3) is 0 Å². The third kappa shape index (κ3) is 2.38. The molecule has 0 atom stereocenters. The molecule has 0 saturated heterocycles. The average molecular weight is 288 g/mol. The van der Waals surface area contributed by atoms with Gasteiger partial charge in [-0.3, -0.25) is 0 Å². The van der Waals surface area contributed by atoms with Crippen molar-refractivity contribution >= 4 is 0 Å². The number of hydrogen-bond acceptors (Lipinski definition) is 3. The zero-order valence-electron chi connectivity index (χ0n) is 12.8. The van der Waals surface area contributed by atoms with Gasteiger partial charge >= 0.3 is 0 Å². The maximum atomic E-state index is 9.35. The molecule has 1 aromatic heterocycles. The van der Waals surface area contributed by atoms with Gasteiger partial charge in [0.15, 0.2) is 5.69 Å². The zero-order chi connectivity index (χ0) is 15.7. The maximum absolute atomic E-state index is 9.35. The summed E-state index contributed by atoms with van der Waals surface area (Å²) in [5, 5.41) is 17.5. The van der Waals surface area contributed by atoms with Gasteiger partial charge in [-0.2, -0.15) is 5.26 Å². The molecular weight excluding hydrogens is 272 g/mol. The van der Waals surface area contributed by atoms with Gasteiger partial charge in [0.05, 0.1) is 5.69 Å². The summed E-state index contributed by atoms with van der Waals surface area (Å²) < 4.78 is 1.73. The minimum atomic E-state index is 0.338. The van der Waals surface area contributed by atoms with E-state index in [0.717, 1.165) is 22.5 Å². The third-order valence-corrected chi connectivity index (χ3v) is 3.80. The molecule has 108 valence electrons. The second-order valence-electron chi connectivity index (χ2n) is 5.45. The lowest BCUT2D eigenvalue weighted by Crippen LogP contribution is -2.00. The highest BCUT2D eigenvalue weighted by Gasteiger charge is 2.16.